The van der Waals surface area contributed by atoms with Crippen LogP contribution in [0.3, 0.4) is 0 Å². The summed E-state index contributed by atoms with van der Waals surface area (Å²) in [6, 6.07) is 11.0. The summed E-state index contributed by atoms with van der Waals surface area (Å²) >= 11 is 0. The third kappa shape index (κ3) is 3.20. The Kier molecular flexibility index (Phi) is 4.42. The first-order valence-electron chi connectivity index (χ1n) is 8.82. The minimum absolute atomic E-state index is 0.0345. The molecule has 136 valence electrons. The fourth-order valence-corrected chi connectivity index (χ4v) is 3.64. The van der Waals surface area contributed by atoms with Crippen LogP contribution in [0.2, 0.25) is 0 Å². The van der Waals surface area contributed by atoms with E-state index in [1.807, 2.05) is 24.3 Å². The minimum Gasteiger partial charge on any atom is -0.504 e. The van der Waals surface area contributed by atoms with E-state index in [9.17, 15) is 9.90 Å². The molecule has 4 bridgehead atoms. The van der Waals surface area contributed by atoms with Crippen LogP contribution in [0.1, 0.15) is 23.5 Å². The van der Waals surface area contributed by atoms with Crippen LogP contribution in [0.5, 0.6) is 23.0 Å². The SMILES string of the molecule is COc1ccc2cc1Oc1cc(ccc1O)CCC(=O)N[C@@H]1CNC[C@@H]21. The molecule has 1 saturated heterocycles. The van der Waals surface area contributed by atoms with Crippen molar-refractivity contribution in [3.8, 4) is 23.0 Å². The van der Waals surface area contributed by atoms with Gasteiger partial charge in [-0.25, -0.2) is 0 Å². The molecule has 2 heterocycles. The number of carbonyl (C=O) groups excluding carboxylic acids is 1. The van der Waals surface area contributed by atoms with Gasteiger partial charge in [0, 0.05) is 31.5 Å². The lowest BCUT2D eigenvalue weighted by Gasteiger charge is -2.21. The van der Waals surface area contributed by atoms with Crippen molar-refractivity contribution in [2.45, 2.75) is 24.8 Å². The van der Waals surface area contributed by atoms with Gasteiger partial charge in [-0.05, 0) is 41.8 Å². The molecule has 2 aromatic rings. The maximum absolute atomic E-state index is 12.4. The minimum atomic E-state index is 0.0345. The first-order chi connectivity index (χ1) is 12.6. The molecule has 2 atom stereocenters. The van der Waals surface area contributed by atoms with E-state index in [4.69, 9.17) is 9.47 Å². The van der Waals surface area contributed by atoms with Gasteiger partial charge in [0.1, 0.15) is 0 Å². The molecule has 0 aliphatic carbocycles. The van der Waals surface area contributed by atoms with Gasteiger partial charge in [0.05, 0.1) is 7.11 Å². The highest BCUT2D eigenvalue weighted by Crippen LogP contribution is 2.39. The van der Waals surface area contributed by atoms with Crippen molar-refractivity contribution in [1.82, 2.24) is 10.6 Å². The first kappa shape index (κ1) is 16.7. The second-order valence-electron chi connectivity index (χ2n) is 6.75. The van der Waals surface area contributed by atoms with Gasteiger partial charge in [-0.2, -0.15) is 0 Å². The van der Waals surface area contributed by atoms with Crippen LogP contribution >= 0.6 is 0 Å². The molecule has 1 fully saturated rings. The van der Waals surface area contributed by atoms with Crippen LogP contribution in [0.15, 0.2) is 36.4 Å². The highest BCUT2D eigenvalue weighted by molar-refractivity contribution is 5.77. The molecule has 4 rings (SSSR count). The van der Waals surface area contributed by atoms with Crippen LogP contribution in [-0.4, -0.2) is 37.3 Å². The number of ether oxygens (including phenoxy) is 2. The first-order valence-corrected chi connectivity index (χ1v) is 8.82. The number of phenolic OH excluding ortho intramolecular Hbond substituents is 1. The summed E-state index contributed by atoms with van der Waals surface area (Å²) in [5.41, 5.74) is 1.99. The molecular formula is C20H22N2O4. The van der Waals surface area contributed by atoms with E-state index in [0.717, 1.165) is 24.2 Å². The summed E-state index contributed by atoms with van der Waals surface area (Å²) in [6.45, 7) is 1.53. The Balaban J connectivity index is 1.80. The lowest BCUT2D eigenvalue weighted by molar-refractivity contribution is -0.121. The van der Waals surface area contributed by atoms with Crippen LogP contribution in [0.4, 0.5) is 0 Å². The maximum atomic E-state index is 12.4. The second kappa shape index (κ2) is 6.88. The molecular weight excluding hydrogens is 332 g/mol. The van der Waals surface area contributed by atoms with Gasteiger partial charge in [-0.3, -0.25) is 4.79 Å². The third-order valence-electron chi connectivity index (χ3n) is 5.06. The zero-order valence-corrected chi connectivity index (χ0v) is 14.6. The van der Waals surface area contributed by atoms with Crippen molar-refractivity contribution in [2.24, 2.45) is 0 Å². The molecule has 2 aliphatic rings. The largest absolute Gasteiger partial charge is 0.504 e. The number of aryl methyl sites for hydroxylation is 1. The highest BCUT2D eigenvalue weighted by Gasteiger charge is 2.30. The van der Waals surface area contributed by atoms with E-state index < -0.39 is 0 Å². The zero-order chi connectivity index (χ0) is 18.1. The third-order valence-corrected chi connectivity index (χ3v) is 5.06. The number of benzene rings is 2. The fraction of sp³-hybridized carbons (Fsp3) is 0.350. The predicted octanol–water partition coefficient (Wildman–Crippen LogP) is 2.31. The number of rotatable bonds is 1. The number of hydrogen-bond acceptors (Lipinski definition) is 5. The number of fused-ring (bicyclic) bond motifs is 6. The molecule has 1 amide bonds. The quantitative estimate of drug-likeness (QED) is 0.732. The van der Waals surface area contributed by atoms with Gasteiger partial charge >= 0.3 is 0 Å². The summed E-state index contributed by atoms with van der Waals surface area (Å²) in [5.74, 6) is 1.75. The Bertz CT molecular complexity index is 837. The molecule has 0 radical (unpaired) electrons. The monoisotopic (exact) mass is 354 g/mol. The molecule has 0 aromatic heterocycles. The number of phenols is 1. The van der Waals surface area contributed by atoms with Crippen LogP contribution in [-0.2, 0) is 11.2 Å². The van der Waals surface area contributed by atoms with Crippen molar-refractivity contribution in [2.75, 3.05) is 20.2 Å². The molecule has 0 saturated carbocycles. The molecule has 26 heavy (non-hydrogen) atoms. The van der Waals surface area contributed by atoms with E-state index in [2.05, 4.69) is 10.6 Å². The van der Waals surface area contributed by atoms with E-state index in [0.29, 0.717) is 30.1 Å². The fourth-order valence-electron chi connectivity index (χ4n) is 3.64. The predicted molar refractivity (Wildman–Crippen MR) is 97.0 cm³/mol. The summed E-state index contributed by atoms with van der Waals surface area (Å²) in [6.07, 6.45) is 0.982. The Morgan fingerprint density at radius 3 is 2.85 bits per heavy atom. The molecule has 0 spiro atoms. The Morgan fingerprint density at radius 2 is 2.00 bits per heavy atom. The molecule has 2 aliphatic heterocycles. The lowest BCUT2D eigenvalue weighted by Crippen LogP contribution is -2.39. The van der Waals surface area contributed by atoms with Crippen molar-refractivity contribution in [1.29, 1.82) is 0 Å². The number of nitrogens with one attached hydrogen (secondary N) is 2. The number of amides is 1. The summed E-state index contributed by atoms with van der Waals surface area (Å²) in [4.78, 5) is 12.4. The van der Waals surface area contributed by atoms with E-state index >= 15 is 0 Å². The highest BCUT2D eigenvalue weighted by atomic mass is 16.5. The number of hydrogen-bond donors (Lipinski definition) is 3. The van der Waals surface area contributed by atoms with E-state index in [1.54, 1.807) is 19.2 Å². The molecule has 6 heteroatoms. The smallest absolute Gasteiger partial charge is 0.220 e. The molecule has 2 aromatic carbocycles. The normalized spacial score (nSPS) is 22.1. The summed E-state index contributed by atoms with van der Waals surface area (Å²) in [7, 11) is 1.59. The van der Waals surface area contributed by atoms with E-state index in [-0.39, 0.29) is 23.6 Å². The van der Waals surface area contributed by atoms with Gasteiger partial charge in [0.2, 0.25) is 5.91 Å². The van der Waals surface area contributed by atoms with Gasteiger partial charge in [-0.1, -0.05) is 12.1 Å². The Labute approximate surface area is 152 Å². The lowest BCUT2D eigenvalue weighted by atomic mass is 9.93. The van der Waals surface area contributed by atoms with Crippen LogP contribution in [0.25, 0.3) is 0 Å². The van der Waals surface area contributed by atoms with Crippen molar-refractivity contribution in [3.05, 3.63) is 47.5 Å². The van der Waals surface area contributed by atoms with Crippen molar-refractivity contribution in [3.63, 3.8) is 0 Å². The zero-order valence-electron chi connectivity index (χ0n) is 14.6. The second-order valence-corrected chi connectivity index (χ2v) is 6.75. The summed E-state index contributed by atoms with van der Waals surface area (Å²) < 4.78 is 11.4. The van der Waals surface area contributed by atoms with Gasteiger partial charge in [0.15, 0.2) is 23.0 Å². The Morgan fingerprint density at radius 1 is 1.12 bits per heavy atom. The van der Waals surface area contributed by atoms with Crippen molar-refractivity contribution >= 4 is 5.91 Å². The number of carbonyl (C=O) groups is 1. The molecule has 3 N–H and O–H groups in total. The van der Waals surface area contributed by atoms with Gasteiger partial charge < -0.3 is 25.2 Å². The van der Waals surface area contributed by atoms with Crippen molar-refractivity contribution < 1.29 is 19.4 Å². The topological polar surface area (TPSA) is 79.8 Å². The Hall–Kier alpha value is -2.73. The summed E-state index contributed by atoms with van der Waals surface area (Å²) in [5, 5.41) is 16.7. The molecule has 6 nitrogen and oxygen atoms in total. The van der Waals surface area contributed by atoms with E-state index in [1.165, 1.54) is 0 Å². The number of methoxy groups -OCH3 is 1. The molecule has 0 unspecified atom stereocenters. The van der Waals surface area contributed by atoms with Crippen LogP contribution < -0.4 is 20.1 Å². The average molecular weight is 354 g/mol. The standard InChI is InChI=1S/C20H22N2O4/c1-25-17-6-4-13-9-19(17)26-18-8-12(2-5-16(18)23)3-7-20(24)22-15-11-21-10-14(13)15/h2,4-6,8-9,14-15,21,23H,3,7,10-11H2,1H3,(H,22,24)/t14-,15+/m0/s1. The van der Waals surface area contributed by atoms with Crippen LogP contribution in [0, 0.1) is 0 Å². The van der Waals surface area contributed by atoms with Gasteiger partial charge in [0.25, 0.3) is 0 Å². The van der Waals surface area contributed by atoms with Gasteiger partial charge in [-0.15, -0.1) is 0 Å². The number of aromatic hydroxyl groups is 1. The average Bonchev–Trinajstić information content (AvgIpc) is 3.09. The maximum Gasteiger partial charge on any atom is 0.220 e.